The standard InChI is InChI=1S/C34H41N7O5S.C27H35N7O5S/c1-22-13-14-24(33(42)36-26-16-25(34(2,3)4)17-27(32(26)45-6)38-47(7,43)44)15-29(22)41-19-28(37-39-41)30-18-35-31(40(30)5)21-46-20-23-11-9-8-10-12-23;1-16-8-9-17(10-22(16)34-14-21(30-32-34)23-13-28-24(15-35)33(23)5)26(36)29-19-11-18(27(2,3)4)12-20(25(19)39-6)31-40(7,37)38/h8-19,37-39H,20-21H2,1-7H3,(H,36,42);8-14,30-32,35H,15H2,1-7H3,(H,29,36). The first-order valence-electron chi connectivity index (χ1n) is 27.5. The molecule has 462 valence electrons. The van der Waals surface area contributed by atoms with E-state index in [1.54, 1.807) is 75.5 Å². The van der Waals surface area contributed by atoms with Gasteiger partial charge in [-0.05, 0) is 101 Å². The highest BCUT2D eigenvalue weighted by molar-refractivity contribution is 7.92. The number of methoxy groups -OCH3 is 2. The maximum absolute atomic E-state index is 13.6. The Labute approximate surface area is 508 Å². The summed E-state index contributed by atoms with van der Waals surface area (Å²) in [6.07, 6.45) is 9.31. The van der Waals surface area contributed by atoms with Crippen LogP contribution in [-0.2, 0) is 69.5 Å². The van der Waals surface area contributed by atoms with Crippen molar-refractivity contribution in [2.75, 3.05) is 56.8 Å². The van der Waals surface area contributed by atoms with E-state index in [4.69, 9.17) is 14.2 Å². The number of hydrazine groups is 4. The van der Waals surface area contributed by atoms with Crippen molar-refractivity contribution < 1.29 is 45.7 Å². The minimum atomic E-state index is -3.61. The van der Waals surface area contributed by atoms with Crippen LogP contribution in [-0.4, -0.2) is 79.6 Å². The summed E-state index contributed by atoms with van der Waals surface area (Å²) in [5.41, 5.74) is 23.0. The molecule has 9 N–H and O–H groups in total. The SMILES string of the molecule is COc1c(NC(=O)c2ccc(C)c(N3C=C(c4cnc(CO)n4C)NN3)c2)cc(C(C)(C)C)cc1NS(C)(=O)=O.COc1c(NC(=O)c2ccc(C)c(N3C=C(c4cnc(COCc5ccccc5)n4C)NN3)c2)cc(C(C)(C)C)cc1NS(C)(=O)=O. The molecule has 4 heterocycles. The molecule has 7 aromatic rings. The van der Waals surface area contributed by atoms with Crippen molar-refractivity contribution in [3.63, 3.8) is 0 Å². The lowest BCUT2D eigenvalue weighted by Gasteiger charge is -2.24. The lowest BCUT2D eigenvalue weighted by Crippen LogP contribution is -2.36. The first-order chi connectivity index (χ1) is 40.9. The van der Waals surface area contributed by atoms with Gasteiger partial charge in [0.05, 0.1) is 115 Å². The second-order valence-corrected chi connectivity index (χ2v) is 26.5. The van der Waals surface area contributed by atoms with E-state index >= 15 is 0 Å². The van der Waals surface area contributed by atoms with Gasteiger partial charge < -0.3 is 39.1 Å². The second-order valence-electron chi connectivity index (χ2n) is 23.0. The molecule has 0 aliphatic carbocycles. The predicted octanol–water partition coefficient (Wildman–Crippen LogP) is 8.18. The van der Waals surface area contributed by atoms with Gasteiger partial charge in [0.1, 0.15) is 24.9 Å². The quantitative estimate of drug-likeness (QED) is 0.0369. The number of aliphatic hydroxyl groups is 1. The smallest absolute Gasteiger partial charge is 0.255 e. The number of rotatable bonds is 19. The van der Waals surface area contributed by atoms with E-state index in [1.165, 1.54) is 14.2 Å². The molecule has 0 radical (unpaired) electrons. The number of ether oxygens (including phenoxy) is 3. The highest BCUT2D eigenvalue weighted by atomic mass is 32.2. The second kappa shape index (κ2) is 26.0. The van der Waals surface area contributed by atoms with Crippen LogP contribution in [0.1, 0.15) is 113 Å². The van der Waals surface area contributed by atoms with Gasteiger partial charge in [-0.1, -0.05) is 84.0 Å². The van der Waals surface area contributed by atoms with Gasteiger partial charge in [-0.15, -0.1) is 11.1 Å². The fourth-order valence-electron chi connectivity index (χ4n) is 9.37. The first-order valence-corrected chi connectivity index (χ1v) is 31.3. The molecule has 24 nitrogen and oxygen atoms in total. The number of aliphatic hydroxyl groups excluding tert-OH is 1. The molecule has 2 amide bonds. The minimum absolute atomic E-state index is 0.174. The summed E-state index contributed by atoms with van der Waals surface area (Å²) in [5.74, 6) is 0.953. The molecule has 0 atom stereocenters. The third-order valence-corrected chi connectivity index (χ3v) is 15.4. The van der Waals surface area contributed by atoms with Crippen molar-refractivity contribution in [1.82, 2.24) is 41.0 Å². The average molecular weight is 1230 g/mol. The van der Waals surface area contributed by atoms with E-state index in [9.17, 15) is 31.5 Å². The Kier molecular flexibility index (Phi) is 19.1. The van der Waals surface area contributed by atoms with E-state index in [0.29, 0.717) is 41.5 Å². The van der Waals surface area contributed by atoms with Crippen LogP contribution in [0.3, 0.4) is 0 Å². The van der Waals surface area contributed by atoms with Crippen LogP contribution in [0.4, 0.5) is 34.1 Å². The van der Waals surface area contributed by atoms with Gasteiger partial charge in [0.25, 0.3) is 11.8 Å². The van der Waals surface area contributed by atoms with Crippen LogP contribution < -0.4 is 61.5 Å². The molecule has 0 bridgehead atoms. The fraction of sp³-hybridized carbons (Fsp3) is 0.311. The third-order valence-electron chi connectivity index (χ3n) is 14.2. The molecule has 2 aliphatic rings. The zero-order chi connectivity index (χ0) is 63.3. The van der Waals surface area contributed by atoms with Crippen molar-refractivity contribution >= 4 is 77.4 Å². The molecule has 0 saturated carbocycles. The third kappa shape index (κ3) is 15.6. The van der Waals surface area contributed by atoms with Crippen molar-refractivity contribution in [2.45, 2.75) is 86.0 Å². The molecule has 2 aromatic heterocycles. The highest BCUT2D eigenvalue weighted by Crippen LogP contribution is 2.41. The van der Waals surface area contributed by atoms with Crippen LogP contribution in [0.2, 0.25) is 0 Å². The van der Waals surface area contributed by atoms with Gasteiger partial charge in [0, 0.05) is 25.2 Å². The molecule has 0 fully saturated rings. The summed E-state index contributed by atoms with van der Waals surface area (Å²) in [4.78, 5) is 35.9. The van der Waals surface area contributed by atoms with Crippen LogP contribution >= 0.6 is 0 Å². The molecular weight excluding hydrogens is 1150 g/mol. The molecule has 0 unspecified atom stereocenters. The van der Waals surface area contributed by atoms with E-state index in [0.717, 1.165) is 80.3 Å². The first kappa shape index (κ1) is 64.1. The summed E-state index contributed by atoms with van der Waals surface area (Å²) in [5, 5.41) is 18.8. The van der Waals surface area contributed by atoms with Gasteiger partial charge in [-0.2, -0.15) is 0 Å². The summed E-state index contributed by atoms with van der Waals surface area (Å²) in [6, 6.07) is 27.7. The Hall–Kier alpha value is -8.92. The molecular formula is C61H76N14O10S2. The van der Waals surface area contributed by atoms with Crippen molar-refractivity contribution in [3.8, 4) is 11.5 Å². The Morgan fingerprint density at radius 3 is 1.39 bits per heavy atom. The van der Waals surface area contributed by atoms with Crippen molar-refractivity contribution in [2.24, 2.45) is 14.1 Å². The number of carbonyl (C=O) groups excluding carboxylic acids is 2. The van der Waals surface area contributed by atoms with Crippen LogP contribution in [0.25, 0.3) is 11.4 Å². The zero-order valence-corrected chi connectivity index (χ0v) is 52.8. The number of nitrogens with zero attached hydrogens (tertiary/aromatic N) is 6. The highest BCUT2D eigenvalue weighted by Gasteiger charge is 2.27. The molecule has 0 saturated heterocycles. The van der Waals surface area contributed by atoms with Crippen LogP contribution in [0, 0.1) is 13.8 Å². The van der Waals surface area contributed by atoms with Gasteiger partial charge >= 0.3 is 0 Å². The normalized spacial score (nSPS) is 13.4. The fourth-order valence-corrected chi connectivity index (χ4v) is 10.5. The molecule has 5 aromatic carbocycles. The molecule has 9 rings (SSSR count). The van der Waals surface area contributed by atoms with E-state index in [1.807, 2.05) is 129 Å². The number of aromatic nitrogens is 4. The Bertz CT molecular complexity index is 4020. The number of hydrogen-bond donors (Lipinski definition) is 9. The largest absolute Gasteiger partial charge is 0.492 e. The summed E-state index contributed by atoms with van der Waals surface area (Å²) < 4.78 is 74.1. The van der Waals surface area contributed by atoms with E-state index in [-0.39, 0.29) is 46.2 Å². The maximum atomic E-state index is 13.6. The van der Waals surface area contributed by atoms with Crippen LogP contribution in [0.15, 0.2) is 116 Å². The number of benzene rings is 5. The van der Waals surface area contributed by atoms with Gasteiger partial charge in [-0.3, -0.25) is 39.9 Å². The Morgan fingerprint density at radius 2 is 1.00 bits per heavy atom. The lowest BCUT2D eigenvalue weighted by atomic mass is 9.86. The van der Waals surface area contributed by atoms with Gasteiger partial charge in [-0.25, -0.2) is 26.8 Å². The maximum Gasteiger partial charge on any atom is 0.255 e. The number of carbonyl (C=O) groups is 2. The van der Waals surface area contributed by atoms with Gasteiger partial charge in [0.2, 0.25) is 20.0 Å². The number of hydrogen-bond acceptors (Lipinski definition) is 18. The number of amides is 2. The predicted molar refractivity (Wildman–Crippen MR) is 339 cm³/mol. The number of sulfonamides is 2. The molecule has 87 heavy (non-hydrogen) atoms. The van der Waals surface area contributed by atoms with Crippen molar-refractivity contribution in [1.29, 1.82) is 0 Å². The minimum Gasteiger partial charge on any atom is -0.492 e. The summed E-state index contributed by atoms with van der Waals surface area (Å²) >= 11 is 0. The monoisotopic (exact) mass is 1230 g/mol. The summed E-state index contributed by atoms with van der Waals surface area (Å²) in [6.45, 7) is 16.5. The average Bonchev–Trinajstić information content (AvgIpc) is 1.65. The van der Waals surface area contributed by atoms with E-state index in [2.05, 4.69) is 52.0 Å². The number of imidazole rings is 2. The van der Waals surface area contributed by atoms with Crippen molar-refractivity contribution in [3.05, 3.63) is 178 Å². The number of nitrogens with one attached hydrogen (secondary N) is 8. The molecule has 26 heteroatoms. The van der Waals surface area contributed by atoms with Gasteiger partial charge in [0.15, 0.2) is 11.5 Å². The number of anilines is 6. The van der Waals surface area contributed by atoms with Crippen LogP contribution in [0.5, 0.6) is 11.5 Å². The topological polar surface area (TPSA) is 289 Å². The summed E-state index contributed by atoms with van der Waals surface area (Å²) in [7, 11) is -0.614. The Morgan fingerprint density at radius 1 is 0.586 bits per heavy atom. The number of aryl methyl sites for hydroxylation is 2. The van der Waals surface area contributed by atoms with E-state index < -0.39 is 26.0 Å². The molecule has 0 spiro atoms. The molecule has 2 aliphatic heterocycles. The zero-order valence-electron chi connectivity index (χ0n) is 51.2. The lowest BCUT2D eigenvalue weighted by molar-refractivity contribution is 0.0999. The Balaban J connectivity index is 0.000000229.